The molecule has 0 nitrogen and oxygen atoms in total. The summed E-state index contributed by atoms with van der Waals surface area (Å²) in [5, 5.41) is 0. The third-order valence-electron chi connectivity index (χ3n) is 3.55. The summed E-state index contributed by atoms with van der Waals surface area (Å²) >= 11 is 0. The summed E-state index contributed by atoms with van der Waals surface area (Å²) in [6.07, 6.45) is -12.6. The van der Waals surface area contributed by atoms with Gasteiger partial charge in [0.15, 0.2) is 0 Å². The van der Waals surface area contributed by atoms with E-state index in [0.29, 0.717) is 24.3 Å². The zero-order valence-electron chi connectivity index (χ0n) is 14.2. The Kier molecular flexibility index (Phi) is 8.48. The van der Waals surface area contributed by atoms with Gasteiger partial charge in [0.2, 0.25) is 0 Å². The maximum Gasteiger partial charge on any atom is 2.00 e. The number of rotatable bonds is 4. The van der Waals surface area contributed by atoms with E-state index in [1.807, 2.05) is 0 Å². The van der Waals surface area contributed by atoms with Crippen molar-refractivity contribution in [3.8, 4) is 0 Å². The Morgan fingerprint density at radius 3 is 0.742 bits per heavy atom. The summed E-state index contributed by atoms with van der Waals surface area (Å²) in [5.74, 6) is -22.7. The van der Waals surface area contributed by atoms with Crippen LogP contribution in [-0.2, 0) is 28.6 Å². The van der Waals surface area contributed by atoms with E-state index in [1.165, 1.54) is 0 Å². The van der Waals surface area contributed by atoms with Gasteiger partial charge in [-0.25, -0.2) is 41.8 Å². The summed E-state index contributed by atoms with van der Waals surface area (Å²) in [5.41, 5.74) is -2.71. The van der Waals surface area contributed by atoms with Crippen LogP contribution in [0.4, 0.5) is 61.5 Å². The van der Waals surface area contributed by atoms with Crippen molar-refractivity contribution in [2.75, 3.05) is 0 Å². The molecule has 0 bridgehead atoms. The molecule has 0 spiro atoms. The van der Waals surface area contributed by atoms with Crippen molar-refractivity contribution < 1.29 is 78.2 Å². The predicted octanol–water partition coefficient (Wildman–Crippen LogP) is 7.39. The molecule has 15 heteroatoms. The van der Waals surface area contributed by atoms with Gasteiger partial charge in [0.1, 0.15) is 0 Å². The Morgan fingerprint density at radius 1 is 0.387 bits per heavy atom. The fourth-order valence-corrected chi connectivity index (χ4v) is 1.89. The van der Waals surface area contributed by atoms with Crippen molar-refractivity contribution in [3.63, 3.8) is 0 Å². The molecule has 0 atom stereocenters. The van der Waals surface area contributed by atoms with E-state index in [-0.39, 0.29) is 16.8 Å². The number of halogens is 14. The zero-order chi connectivity index (χ0) is 23.8. The first kappa shape index (κ1) is 29.2. The van der Waals surface area contributed by atoms with Crippen molar-refractivity contribution >= 4 is 0 Å². The molecule has 0 aliphatic heterocycles. The van der Waals surface area contributed by atoms with E-state index >= 15 is 0 Å². The Balaban J connectivity index is 0.000000562. The first-order valence-electron chi connectivity index (χ1n) is 7.30. The molecule has 0 saturated heterocycles. The third kappa shape index (κ3) is 5.35. The molecular weight excluding hydrogens is 517 g/mol. The van der Waals surface area contributed by atoms with Crippen LogP contribution in [0.3, 0.4) is 0 Å². The number of hydrogen-bond acceptors (Lipinski definition) is 0. The summed E-state index contributed by atoms with van der Waals surface area (Å²) in [6, 6.07) is 5.87. The molecule has 0 aliphatic rings. The molecule has 0 fully saturated rings. The fourth-order valence-electron chi connectivity index (χ4n) is 1.89. The van der Waals surface area contributed by atoms with Gasteiger partial charge in [0.25, 0.3) is 0 Å². The number of alkyl halides is 14. The van der Waals surface area contributed by atoms with Gasteiger partial charge in [-0.1, -0.05) is 11.1 Å². The van der Waals surface area contributed by atoms with E-state index in [1.54, 1.807) is 0 Å². The van der Waals surface area contributed by atoms with Gasteiger partial charge in [-0.3, -0.25) is 0 Å². The summed E-state index contributed by atoms with van der Waals surface area (Å²) < 4.78 is 171. The molecule has 0 aromatic heterocycles. The van der Waals surface area contributed by atoms with Gasteiger partial charge in [-0.2, -0.15) is 68.2 Å². The Bertz CT molecular complexity index is 713. The van der Waals surface area contributed by atoms with Gasteiger partial charge < -0.3 is 0 Å². The first-order valence-corrected chi connectivity index (χ1v) is 7.30. The van der Waals surface area contributed by atoms with E-state index in [9.17, 15) is 61.5 Å². The minimum atomic E-state index is -6.28. The SMILES string of the molecule is FC(F)(F)C(F)(F)C(F)(F)[c-]1cccc1.FC(F)(F)C(F)(F)C(F)(F)[c-]1cccc1.[Co+2]. The maximum absolute atomic E-state index is 12.8. The topological polar surface area (TPSA) is 0 Å². The zero-order valence-corrected chi connectivity index (χ0v) is 15.3. The minimum absolute atomic E-state index is 0. The molecule has 31 heavy (non-hydrogen) atoms. The molecule has 0 N–H and O–H groups in total. The third-order valence-corrected chi connectivity index (χ3v) is 3.55. The molecule has 1 radical (unpaired) electrons. The standard InChI is InChI=1S/2C8H4F7.Co/c2*9-6(10,5-3-1-2-4-5)7(11,12)8(13,14)15;/h2*1-4H;/q2*-1;+2. The van der Waals surface area contributed by atoms with Crippen LogP contribution in [-0.4, -0.2) is 24.2 Å². The fraction of sp³-hybridized carbons (Fsp3) is 0.375. The average Bonchev–Trinajstić information content (AvgIpc) is 3.27. The second-order valence-electron chi connectivity index (χ2n) is 5.64. The first-order chi connectivity index (χ1) is 13.2. The summed E-state index contributed by atoms with van der Waals surface area (Å²) in [4.78, 5) is 0. The molecule has 0 heterocycles. The maximum atomic E-state index is 12.8. The van der Waals surface area contributed by atoms with Crippen LogP contribution in [0.1, 0.15) is 11.1 Å². The van der Waals surface area contributed by atoms with E-state index in [0.717, 1.165) is 24.3 Å². The van der Waals surface area contributed by atoms with Crippen molar-refractivity contribution in [1.29, 1.82) is 0 Å². The average molecular weight is 525 g/mol. The summed E-state index contributed by atoms with van der Waals surface area (Å²) in [7, 11) is 0. The summed E-state index contributed by atoms with van der Waals surface area (Å²) in [6.45, 7) is 0. The van der Waals surface area contributed by atoms with Crippen LogP contribution in [0.15, 0.2) is 48.5 Å². The second-order valence-corrected chi connectivity index (χ2v) is 5.64. The van der Waals surface area contributed by atoms with E-state index in [2.05, 4.69) is 0 Å². The van der Waals surface area contributed by atoms with Crippen LogP contribution < -0.4 is 0 Å². The van der Waals surface area contributed by atoms with Gasteiger partial charge in [0.05, 0.1) is 0 Å². The quantitative estimate of drug-likeness (QED) is 0.289. The Morgan fingerprint density at radius 2 is 0.581 bits per heavy atom. The number of hydrogen-bond donors (Lipinski definition) is 0. The molecule has 0 amide bonds. The minimum Gasteiger partial charge on any atom is -0.213 e. The predicted molar refractivity (Wildman–Crippen MR) is 73.9 cm³/mol. The Labute approximate surface area is 174 Å². The van der Waals surface area contributed by atoms with Crippen LogP contribution in [0.25, 0.3) is 0 Å². The van der Waals surface area contributed by atoms with Crippen LogP contribution in [0.2, 0.25) is 0 Å². The normalized spacial score (nSPS) is 13.9. The van der Waals surface area contributed by atoms with E-state index < -0.39 is 47.2 Å². The van der Waals surface area contributed by atoms with E-state index in [4.69, 9.17) is 0 Å². The molecule has 179 valence electrons. The van der Waals surface area contributed by atoms with Crippen molar-refractivity contribution in [2.45, 2.75) is 36.0 Å². The van der Waals surface area contributed by atoms with Crippen LogP contribution >= 0.6 is 0 Å². The van der Waals surface area contributed by atoms with Crippen molar-refractivity contribution in [1.82, 2.24) is 0 Å². The largest absolute Gasteiger partial charge is 2.00 e. The van der Waals surface area contributed by atoms with Crippen molar-refractivity contribution in [2.24, 2.45) is 0 Å². The van der Waals surface area contributed by atoms with Crippen LogP contribution in [0, 0.1) is 0 Å². The van der Waals surface area contributed by atoms with Gasteiger partial charge in [-0.05, 0) is 0 Å². The van der Waals surface area contributed by atoms with Gasteiger partial charge >= 0.3 is 52.8 Å². The Hall–Kier alpha value is -1.77. The molecule has 0 saturated carbocycles. The molecular formula is C16H8CoF14. The molecule has 0 aliphatic carbocycles. The second kappa shape index (κ2) is 9.00. The smallest absolute Gasteiger partial charge is 0.213 e. The van der Waals surface area contributed by atoms with Crippen molar-refractivity contribution in [3.05, 3.63) is 59.7 Å². The molecule has 2 aromatic carbocycles. The van der Waals surface area contributed by atoms with Gasteiger partial charge in [-0.15, -0.1) is 0 Å². The van der Waals surface area contributed by atoms with Gasteiger partial charge in [0, 0.05) is 0 Å². The molecule has 0 unspecified atom stereocenters. The molecule has 2 aromatic rings. The monoisotopic (exact) mass is 525 g/mol. The van der Waals surface area contributed by atoms with Crippen LogP contribution in [0.5, 0.6) is 0 Å². The molecule has 2 rings (SSSR count).